The average Bonchev–Trinajstić information content (AvgIpc) is 2.53. The number of allylic oxidation sites excluding steroid dienone is 2. The highest BCUT2D eigenvalue weighted by Gasteiger charge is 2.27. The summed E-state index contributed by atoms with van der Waals surface area (Å²) < 4.78 is 1.16. The van der Waals surface area contributed by atoms with Crippen molar-refractivity contribution < 1.29 is 4.48 Å². The Morgan fingerprint density at radius 2 is 1.32 bits per heavy atom. The van der Waals surface area contributed by atoms with Crippen LogP contribution < -0.4 is 0 Å². The third kappa shape index (κ3) is 7.63. The monoisotopic (exact) mass is 306 g/mol. The molecule has 1 atom stereocenters. The van der Waals surface area contributed by atoms with Crippen molar-refractivity contribution in [2.45, 2.75) is 97.4 Å². The van der Waals surface area contributed by atoms with Crippen molar-refractivity contribution in [1.29, 1.82) is 0 Å². The average molecular weight is 307 g/mol. The lowest BCUT2D eigenvalue weighted by molar-refractivity contribution is -0.895. The van der Waals surface area contributed by atoms with Crippen LogP contribution in [-0.4, -0.2) is 23.6 Å². The molecule has 0 aromatic heterocycles. The van der Waals surface area contributed by atoms with Crippen molar-refractivity contribution in [2.75, 3.05) is 13.1 Å². The fourth-order valence-electron chi connectivity index (χ4n) is 3.49. The molecule has 1 aliphatic heterocycles. The Labute approximate surface area is 140 Å². The van der Waals surface area contributed by atoms with Gasteiger partial charge < -0.3 is 0 Å². The molecular formula is C21H40N+. The highest BCUT2D eigenvalue weighted by atomic mass is 15.4. The van der Waals surface area contributed by atoms with Gasteiger partial charge in [0.2, 0.25) is 0 Å². The summed E-state index contributed by atoms with van der Waals surface area (Å²) in [5, 5.41) is 0. The van der Waals surface area contributed by atoms with Crippen LogP contribution in [0.4, 0.5) is 0 Å². The predicted molar refractivity (Wildman–Crippen MR) is 99.9 cm³/mol. The minimum atomic E-state index is 0.698. The minimum absolute atomic E-state index is 0.698. The summed E-state index contributed by atoms with van der Waals surface area (Å²) in [5.74, 6) is 0. The van der Waals surface area contributed by atoms with Gasteiger partial charge in [0.15, 0.2) is 0 Å². The molecule has 22 heavy (non-hydrogen) atoms. The Hall–Kier alpha value is -0.560. The molecule has 1 heteroatoms. The number of nitrogens with zero attached hydrogens (tertiary/aromatic N) is 1. The zero-order valence-corrected chi connectivity index (χ0v) is 15.5. The number of rotatable bonds is 13. The van der Waals surface area contributed by atoms with Gasteiger partial charge in [-0.3, -0.25) is 4.48 Å². The first-order valence-corrected chi connectivity index (χ1v) is 9.92. The SMILES string of the molecule is CCCCCCCCCCCCC[N+]1(C(C)C)C=CC=CC1. The van der Waals surface area contributed by atoms with Gasteiger partial charge in [-0.15, -0.1) is 0 Å². The summed E-state index contributed by atoms with van der Waals surface area (Å²) >= 11 is 0. The van der Waals surface area contributed by atoms with Crippen LogP contribution in [0.1, 0.15) is 91.4 Å². The van der Waals surface area contributed by atoms with Gasteiger partial charge in [-0.25, -0.2) is 0 Å². The van der Waals surface area contributed by atoms with E-state index >= 15 is 0 Å². The molecule has 0 saturated carbocycles. The highest BCUT2D eigenvalue weighted by molar-refractivity contribution is 5.04. The molecular weight excluding hydrogens is 266 g/mol. The molecule has 1 unspecified atom stereocenters. The van der Waals surface area contributed by atoms with Crippen LogP contribution in [0, 0.1) is 0 Å². The van der Waals surface area contributed by atoms with E-state index in [1.54, 1.807) is 0 Å². The van der Waals surface area contributed by atoms with Crippen LogP contribution in [0.5, 0.6) is 0 Å². The van der Waals surface area contributed by atoms with Crippen molar-refractivity contribution in [3.63, 3.8) is 0 Å². The number of quaternary nitrogens is 1. The van der Waals surface area contributed by atoms with Gasteiger partial charge in [0, 0.05) is 0 Å². The summed E-state index contributed by atoms with van der Waals surface area (Å²) in [6.07, 6.45) is 25.0. The van der Waals surface area contributed by atoms with Crippen molar-refractivity contribution in [3.8, 4) is 0 Å². The van der Waals surface area contributed by atoms with E-state index in [0.717, 1.165) is 4.48 Å². The summed E-state index contributed by atoms with van der Waals surface area (Å²) in [7, 11) is 0. The quantitative estimate of drug-likeness (QED) is 0.265. The van der Waals surface area contributed by atoms with E-state index < -0.39 is 0 Å². The molecule has 0 saturated heterocycles. The molecule has 0 aromatic carbocycles. The number of hydrogen-bond donors (Lipinski definition) is 0. The lowest BCUT2D eigenvalue weighted by atomic mass is 10.0. The van der Waals surface area contributed by atoms with Gasteiger partial charge in [-0.2, -0.15) is 0 Å². The van der Waals surface area contributed by atoms with Crippen LogP contribution in [-0.2, 0) is 0 Å². The normalized spacial score (nSPS) is 20.9. The fourth-order valence-corrected chi connectivity index (χ4v) is 3.49. The topological polar surface area (TPSA) is 0 Å². The van der Waals surface area contributed by atoms with Gasteiger partial charge in [0.05, 0.1) is 18.8 Å². The van der Waals surface area contributed by atoms with Gasteiger partial charge in [0.1, 0.15) is 6.54 Å². The van der Waals surface area contributed by atoms with E-state index in [1.807, 2.05) is 0 Å². The summed E-state index contributed by atoms with van der Waals surface area (Å²) in [6.45, 7) is 9.52. The second kappa shape index (κ2) is 11.9. The molecule has 0 aliphatic carbocycles. The molecule has 1 rings (SSSR count). The molecule has 0 amide bonds. The molecule has 128 valence electrons. The van der Waals surface area contributed by atoms with Crippen molar-refractivity contribution in [2.24, 2.45) is 0 Å². The molecule has 0 N–H and O–H groups in total. The van der Waals surface area contributed by atoms with E-state index in [9.17, 15) is 0 Å². The Morgan fingerprint density at radius 1 is 0.773 bits per heavy atom. The van der Waals surface area contributed by atoms with Crippen LogP contribution in [0.3, 0.4) is 0 Å². The standard InChI is InChI=1S/C21H40N/c1-4-5-6-7-8-9-10-11-12-13-15-18-22(21(2)3)19-16-14-17-20-22/h14,16-17,19,21H,4-13,15,18,20H2,1-3H3/q+1. The summed E-state index contributed by atoms with van der Waals surface area (Å²) in [4.78, 5) is 0. The molecule has 0 bridgehead atoms. The fraction of sp³-hybridized carbons (Fsp3) is 0.810. The summed E-state index contributed by atoms with van der Waals surface area (Å²) in [6, 6.07) is 0.698. The zero-order chi connectivity index (χ0) is 16.1. The lowest BCUT2D eigenvalue weighted by Gasteiger charge is -2.39. The van der Waals surface area contributed by atoms with Crippen LogP contribution >= 0.6 is 0 Å². The third-order valence-electron chi connectivity index (χ3n) is 5.28. The van der Waals surface area contributed by atoms with E-state index in [4.69, 9.17) is 0 Å². The first-order valence-electron chi connectivity index (χ1n) is 9.92. The molecule has 1 aliphatic rings. The van der Waals surface area contributed by atoms with Crippen LogP contribution in [0.2, 0.25) is 0 Å². The van der Waals surface area contributed by atoms with Crippen molar-refractivity contribution in [1.82, 2.24) is 0 Å². The van der Waals surface area contributed by atoms with Crippen molar-refractivity contribution >= 4 is 0 Å². The highest BCUT2D eigenvalue weighted by Crippen LogP contribution is 2.20. The number of hydrogen-bond acceptors (Lipinski definition) is 0. The first kappa shape index (κ1) is 19.5. The lowest BCUT2D eigenvalue weighted by Crippen LogP contribution is -2.49. The van der Waals surface area contributed by atoms with Crippen LogP contribution in [0.25, 0.3) is 0 Å². The first-order chi connectivity index (χ1) is 10.7. The second-order valence-corrected chi connectivity index (χ2v) is 7.41. The maximum absolute atomic E-state index is 2.42. The minimum Gasteiger partial charge on any atom is -0.292 e. The van der Waals surface area contributed by atoms with Gasteiger partial charge in [-0.05, 0) is 38.8 Å². The molecule has 1 heterocycles. The van der Waals surface area contributed by atoms with Gasteiger partial charge in [0.25, 0.3) is 0 Å². The van der Waals surface area contributed by atoms with Gasteiger partial charge in [-0.1, -0.05) is 70.8 Å². The smallest absolute Gasteiger partial charge is 0.102 e. The molecule has 0 radical (unpaired) electrons. The number of unbranched alkanes of at least 4 members (excludes halogenated alkanes) is 10. The molecule has 0 fully saturated rings. The van der Waals surface area contributed by atoms with E-state index in [0.29, 0.717) is 6.04 Å². The summed E-state index contributed by atoms with van der Waals surface area (Å²) in [5.41, 5.74) is 0. The molecule has 0 spiro atoms. The predicted octanol–water partition coefficient (Wildman–Crippen LogP) is 6.61. The van der Waals surface area contributed by atoms with Gasteiger partial charge >= 0.3 is 0 Å². The third-order valence-corrected chi connectivity index (χ3v) is 5.28. The van der Waals surface area contributed by atoms with Crippen LogP contribution in [0.15, 0.2) is 24.4 Å². The Kier molecular flexibility index (Phi) is 10.6. The zero-order valence-electron chi connectivity index (χ0n) is 15.5. The molecule has 1 nitrogen and oxygen atoms in total. The molecule has 0 aromatic rings. The second-order valence-electron chi connectivity index (χ2n) is 7.41. The Bertz CT molecular complexity index is 316. The van der Waals surface area contributed by atoms with E-state index in [-0.39, 0.29) is 0 Å². The maximum atomic E-state index is 2.42. The maximum Gasteiger partial charge on any atom is 0.102 e. The Morgan fingerprint density at radius 3 is 1.77 bits per heavy atom. The van der Waals surface area contributed by atoms with E-state index in [1.165, 1.54) is 83.7 Å². The Balaban J connectivity index is 1.98. The largest absolute Gasteiger partial charge is 0.292 e. The van der Waals surface area contributed by atoms with Crippen molar-refractivity contribution in [3.05, 3.63) is 24.4 Å². The van der Waals surface area contributed by atoms with E-state index in [2.05, 4.69) is 45.2 Å².